The average molecular weight is 763 g/mol. The summed E-state index contributed by atoms with van der Waals surface area (Å²) in [5, 5.41) is 5.57. The molecule has 0 bridgehead atoms. The Balaban J connectivity index is 0.000000293. The molecule has 0 heterocycles. The largest absolute Gasteiger partial charge is 1.00 e. The van der Waals surface area contributed by atoms with Gasteiger partial charge in [-0.1, -0.05) is 109 Å². The molecule has 48 heavy (non-hydrogen) atoms. The third kappa shape index (κ3) is 9.68. The summed E-state index contributed by atoms with van der Waals surface area (Å²) >= 11 is 1.67. The molecule has 0 aromatic heterocycles. The van der Waals surface area contributed by atoms with Crippen molar-refractivity contribution >= 4 is 35.9 Å². The Hall–Kier alpha value is -1.40. The van der Waals surface area contributed by atoms with E-state index in [1.165, 1.54) is 105 Å². The molecular formula is C45H60Cl2Zr-2. The van der Waals surface area contributed by atoms with Gasteiger partial charge in [0.15, 0.2) is 0 Å². The molecule has 3 aromatic carbocycles. The summed E-state index contributed by atoms with van der Waals surface area (Å²) in [5.41, 5.74) is 10.6. The zero-order valence-corrected chi connectivity index (χ0v) is 35.9. The Morgan fingerprint density at radius 2 is 1.21 bits per heavy atom. The molecule has 3 aromatic rings. The van der Waals surface area contributed by atoms with E-state index in [1.807, 2.05) is 0 Å². The summed E-state index contributed by atoms with van der Waals surface area (Å²) in [6.07, 6.45) is 22.1. The van der Waals surface area contributed by atoms with Gasteiger partial charge in [-0.3, -0.25) is 6.08 Å². The molecule has 3 heteroatoms. The van der Waals surface area contributed by atoms with Gasteiger partial charge in [-0.05, 0) is 36.1 Å². The number of rotatable bonds is 7. The first kappa shape index (κ1) is 42.8. The van der Waals surface area contributed by atoms with Crippen molar-refractivity contribution in [2.75, 3.05) is 0 Å². The normalized spacial score (nSPS) is 18.0. The number of hydrogen-bond donors (Lipinski definition) is 0. The standard InChI is InChI=1S/C25H25.C11H17.C9H18.2ClH.Zr/c1-14-12-24(3,4)22-8-16-7-17-9-23-19(15(2)13-25(23,5)6)11-21(17)20(16)10-18(14)22;1-5-9-6-7-10(8-9)11(2,3)4;1-3-5-7-9-8-6-4-2;;;/h7-13H,1-6H3;7-9H,5H2,1-4H3;3-8H2,1-2H3;2*1H;/q2*-1;;;;+2/p-2. The van der Waals surface area contributed by atoms with Gasteiger partial charge < -0.3 is 24.8 Å². The van der Waals surface area contributed by atoms with Crippen LogP contribution in [0, 0.1) is 17.4 Å². The molecular weight excluding hydrogens is 703 g/mol. The van der Waals surface area contributed by atoms with E-state index in [4.69, 9.17) is 0 Å². The van der Waals surface area contributed by atoms with Gasteiger partial charge in [-0.25, -0.2) is 6.08 Å². The maximum absolute atomic E-state index is 3.35. The van der Waals surface area contributed by atoms with Crippen LogP contribution in [0.25, 0.3) is 32.7 Å². The second kappa shape index (κ2) is 17.2. The Morgan fingerprint density at radius 1 is 0.771 bits per heavy atom. The van der Waals surface area contributed by atoms with Gasteiger partial charge in [0.05, 0.1) is 0 Å². The van der Waals surface area contributed by atoms with E-state index in [0.717, 1.165) is 0 Å². The molecule has 0 amide bonds. The first-order valence-electron chi connectivity index (χ1n) is 18.0. The summed E-state index contributed by atoms with van der Waals surface area (Å²) in [6.45, 7) is 27.3. The third-order valence-electron chi connectivity index (χ3n) is 10.2. The van der Waals surface area contributed by atoms with Gasteiger partial charge in [0.25, 0.3) is 0 Å². The smallest absolute Gasteiger partial charge is 1.00 e. The molecule has 3 aliphatic carbocycles. The summed E-state index contributed by atoms with van der Waals surface area (Å²) in [7, 11) is 0. The Kier molecular flexibility index (Phi) is 15.3. The third-order valence-corrected chi connectivity index (χ3v) is 11.4. The van der Waals surface area contributed by atoms with Crippen LogP contribution in [0.15, 0.2) is 60.2 Å². The summed E-state index contributed by atoms with van der Waals surface area (Å²) in [6, 6.07) is 12.1. The SMILES string of the molecule is CC1=CC(C)(C)c2cc3[cH-]c4cc5c(cc4c3cc21)C(C)=CC5(C)C.CCC1[C-]=CC(C(C)(C)C)=C1.CCCC[C](=[Zr+2])CCCC.[Cl-].[Cl-]. The van der Waals surface area contributed by atoms with Crippen LogP contribution in [-0.4, -0.2) is 3.21 Å². The monoisotopic (exact) mass is 760 g/mol. The van der Waals surface area contributed by atoms with E-state index in [-0.39, 0.29) is 35.6 Å². The molecule has 0 saturated carbocycles. The van der Waals surface area contributed by atoms with E-state index in [9.17, 15) is 0 Å². The number of allylic oxidation sites excluding steroid dienone is 8. The minimum absolute atomic E-state index is 0. The van der Waals surface area contributed by atoms with Gasteiger partial charge in [-0.2, -0.15) is 11.6 Å². The topological polar surface area (TPSA) is 0 Å². The van der Waals surface area contributed by atoms with Crippen molar-refractivity contribution in [3.05, 3.63) is 88.5 Å². The zero-order chi connectivity index (χ0) is 34.0. The van der Waals surface area contributed by atoms with Gasteiger partial charge in [-0.15, -0.1) is 39.7 Å². The molecule has 0 saturated heterocycles. The van der Waals surface area contributed by atoms with Crippen LogP contribution in [0.3, 0.4) is 0 Å². The first-order chi connectivity index (χ1) is 21.5. The fourth-order valence-corrected chi connectivity index (χ4v) is 8.20. The van der Waals surface area contributed by atoms with E-state index in [2.05, 4.69) is 144 Å². The molecule has 1 unspecified atom stereocenters. The van der Waals surface area contributed by atoms with Crippen molar-refractivity contribution < 1.29 is 49.0 Å². The van der Waals surface area contributed by atoms with Crippen molar-refractivity contribution in [3.63, 3.8) is 0 Å². The van der Waals surface area contributed by atoms with E-state index in [0.29, 0.717) is 11.3 Å². The van der Waals surface area contributed by atoms with Gasteiger partial charge in [0.2, 0.25) is 0 Å². The minimum Gasteiger partial charge on any atom is -1.00 e. The summed E-state index contributed by atoms with van der Waals surface area (Å²) in [4.78, 5) is 0. The van der Waals surface area contributed by atoms with E-state index >= 15 is 0 Å². The molecule has 3 aliphatic rings. The van der Waals surface area contributed by atoms with Crippen LogP contribution in [0.5, 0.6) is 0 Å². The molecule has 6 rings (SSSR count). The average Bonchev–Trinajstić information content (AvgIpc) is 3.72. The molecule has 0 aliphatic heterocycles. The van der Waals surface area contributed by atoms with Crippen LogP contribution in [-0.2, 0) is 35.1 Å². The predicted molar refractivity (Wildman–Crippen MR) is 204 cm³/mol. The van der Waals surface area contributed by atoms with E-state index < -0.39 is 0 Å². The predicted octanol–water partition coefficient (Wildman–Crippen LogP) is 7.55. The number of hydrogen-bond acceptors (Lipinski definition) is 0. The van der Waals surface area contributed by atoms with Crippen LogP contribution >= 0.6 is 0 Å². The number of fused-ring (bicyclic) bond motifs is 5. The van der Waals surface area contributed by atoms with Crippen LogP contribution < -0.4 is 24.8 Å². The molecule has 0 fully saturated rings. The zero-order valence-electron chi connectivity index (χ0n) is 32.0. The minimum atomic E-state index is 0. The molecule has 0 N–H and O–H groups in total. The molecule has 0 radical (unpaired) electrons. The summed E-state index contributed by atoms with van der Waals surface area (Å²) in [5.74, 6) is 0.573. The van der Waals surface area contributed by atoms with Gasteiger partial charge in [0, 0.05) is 10.8 Å². The molecule has 0 nitrogen and oxygen atoms in total. The first-order valence-corrected chi connectivity index (χ1v) is 19.2. The Morgan fingerprint density at radius 3 is 1.54 bits per heavy atom. The van der Waals surface area contributed by atoms with E-state index in [1.54, 1.807) is 27.4 Å². The van der Waals surface area contributed by atoms with Crippen molar-refractivity contribution in [3.8, 4) is 0 Å². The fourth-order valence-electron chi connectivity index (χ4n) is 7.34. The van der Waals surface area contributed by atoms with Crippen molar-refractivity contribution in [1.29, 1.82) is 0 Å². The number of benzene rings is 2. The Labute approximate surface area is 321 Å². The molecule has 260 valence electrons. The van der Waals surface area contributed by atoms with Crippen LogP contribution in [0.4, 0.5) is 0 Å². The molecule has 0 spiro atoms. The number of unbranched alkanes of at least 4 members (excludes halogenated alkanes) is 2. The maximum Gasteiger partial charge on any atom is -1.00 e. The van der Waals surface area contributed by atoms with Crippen molar-refractivity contribution in [1.82, 2.24) is 0 Å². The second-order valence-corrected chi connectivity index (χ2v) is 18.0. The van der Waals surface area contributed by atoms with Crippen molar-refractivity contribution in [2.24, 2.45) is 11.3 Å². The number of halogens is 2. The fraction of sp³-hybridized carbons (Fsp3) is 0.511. The van der Waals surface area contributed by atoms with Gasteiger partial charge in [0.1, 0.15) is 0 Å². The van der Waals surface area contributed by atoms with Crippen LogP contribution in [0.2, 0.25) is 0 Å². The van der Waals surface area contributed by atoms with Crippen molar-refractivity contribution in [2.45, 2.75) is 139 Å². The molecule has 1 atom stereocenters. The van der Waals surface area contributed by atoms with Crippen LogP contribution in [0.1, 0.15) is 150 Å². The summed E-state index contributed by atoms with van der Waals surface area (Å²) < 4.78 is 1.79. The second-order valence-electron chi connectivity index (χ2n) is 16.2. The van der Waals surface area contributed by atoms with Gasteiger partial charge >= 0.3 is 79.8 Å². The maximum atomic E-state index is 3.35. The Bertz CT molecular complexity index is 1610. The quantitative estimate of drug-likeness (QED) is 0.218.